The van der Waals surface area contributed by atoms with Crippen LogP contribution in [0.25, 0.3) is 0 Å². The Morgan fingerprint density at radius 1 is 1.00 bits per heavy atom. The maximum absolute atomic E-state index is 5.71. The zero-order chi connectivity index (χ0) is 13.8. The van der Waals surface area contributed by atoms with Crippen molar-refractivity contribution in [3.05, 3.63) is 34.0 Å². The fraction of sp³-hybridized carbons (Fsp3) is 0.500. The van der Waals surface area contributed by atoms with E-state index in [2.05, 4.69) is 30.2 Å². The number of hydrogen-bond donors (Lipinski definition) is 1. The molecular formula is C14H25ClN2. The molecule has 0 atom stereocenters. The number of nitrogens with zero attached hydrogens (tertiary/aromatic N) is 1. The van der Waals surface area contributed by atoms with E-state index in [0.717, 1.165) is 10.6 Å². The first-order valence-electron chi connectivity index (χ1n) is 5.59. The molecule has 17 heavy (non-hydrogen) atoms. The maximum atomic E-state index is 5.71. The molecule has 0 aliphatic heterocycles. The van der Waals surface area contributed by atoms with Gasteiger partial charge >= 0.3 is 0 Å². The van der Waals surface area contributed by atoms with Crippen molar-refractivity contribution in [2.45, 2.75) is 41.5 Å². The molecule has 0 aromatic heterocycles. The van der Waals surface area contributed by atoms with Gasteiger partial charge in [-0.05, 0) is 47.1 Å². The molecule has 0 unspecified atom stereocenters. The molecule has 0 fully saturated rings. The van der Waals surface area contributed by atoms with Gasteiger partial charge in [-0.15, -0.1) is 0 Å². The van der Waals surface area contributed by atoms with Crippen LogP contribution in [-0.2, 0) is 0 Å². The number of nitrogens with one attached hydrogen (secondary N) is 1. The molecule has 0 spiro atoms. The Labute approximate surface area is 111 Å². The van der Waals surface area contributed by atoms with Gasteiger partial charge in [-0.3, -0.25) is 4.99 Å². The second-order valence-corrected chi connectivity index (χ2v) is 4.78. The smallest absolute Gasteiger partial charge is 0.0859 e. The fourth-order valence-corrected chi connectivity index (χ4v) is 0.865. The van der Waals surface area contributed by atoms with Gasteiger partial charge in [0.2, 0.25) is 0 Å². The SMILES string of the molecule is CC(C)=C/C(C)=C(\C)Cl.CN=CNC=C(C)C. The fourth-order valence-electron chi connectivity index (χ4n) is 0.811. The molecule has 0 saturated heterocycles. The molecule has 1 N–H and O–H groups in total. The van der Waals surface area contributed by atoms with E-state index in [4.69, 9.17) is 11.6 Å². The molecular weight excluding hydrogens is 232 g/mol. The Hall–Kier alpha value is -1.02. The maximum Gasteiger partial charge on any atom is 0.0859 e. The van der Waals surface area contributed by atoms with Crippen LogP contribution in [0, 0.1) is 0 Å². The third-order valence-electron chi connectivity index (χ3n) is 1.62. The first kappa shape index (κ1) is 18.3. The topological polar surface area (TPSA) is 24.4 Å². The van der Waals surface area contributed by atoms with Crippen molar-refractivity contribution >= 4 is 17.9 Å². The molecule has 0 aliphatic rings. The number of hydrogen-bond acceptors (Lipinski definition) is 1. The summed E-state index contributed by atoms with van der Waals surface area (Å²) in [5.41, 5.74) is 3.68. The van der Waals surface area contributed by atoms with Gasteiger partial charge in [0, 0.05) is 18.3 Å². The third kappa shape index (κ3) is 17.6. The van der Waals surface area contributed by atoms with Gasteiger partial charge in [-0.1, -0.05) is 28.8 Å². The van der Waals surface area contributed by atoms with Crippen LogP contribution in [0.3, 0.4) is 0 Å². The quantitative estimate of drug-likeness (QED) is 0.444. The molecule has 0 aromatic rings. The first-order chi connectivity index (χ1) is 7.81. The summed E-state index contributed by atoms with van der Waals surface area (Å²) in [6.45, 7) is 12.1. The van der Waals surface area contributed by atoms with E-state index in [1.54, 1.807) is 13.4 Å². The van der Waals surface area contributed by atoms with Crippen molar-refractivity contribution in [1.29, 1.82) is 0 Å². The lowest BCUT2D eigenvalue weighted by Gasteiger charge is -1.93. The standard InChI is InChI=1S/C8H13Cl.C6H12N2/c1-6(2)5-7(3)8(4)9;1-6(2)4-8-5-7-3/h5H,1-4H3;4-5H,1-3H3,(H,7,8)/b8-7+;. The predicted molar refractivity (Wildman–Crippen MR) is 80.6 cm³/mol. The average Bonchev–Trinajstić information content (AvgIpc) is 2.17. The van der Waals surface area contributed by atoms with E-state index < -0.39 is 0 Å². The molecule has 98 valence electrons. The van der Waals surface area contributed by atoms with Crippen LogP contribution >= 0.6 is 11.6 Å². The zero-order valence-electron chi connectivity index (χ0n) is 12.1. The number of halogens is 1. The van der Waals surface area contributed by atoms with Crippen LogP contribution in [0.1, 0.15) is 41.5 Å². The molecule has 0 radical (unpaired) electrons. The van der Waals surface area contributed by atoms with Crippen molar-refractivity contribution in [1.82, 2.24) is 5.32 Å². The van der Waals surface area contributed by atoms with Gasteiger partial charge in [0.15, 0.2) is 0 Å². The Balaban J connectivity index is 0. The monoisotopic (exact) mass is 256 g/mol. The molecule has 0 amide bonds. The van der Waals surface area contributed by atoms with Crippen LogP contribution in [0.15, 0.2) is 39.0 Å². The Morgan fingerprint density at radius 2 is 1.53 bits per heavy atom. The molecule has 0 aliphatic carbocycles. The summed E-state index contributed by atoms with van der Waals surface area (Å²) in [7, 11) is 1.73. The minimum Gasteiger partial charge on any atom is -0.353 e. The highest BCUT2D eigenvalue weighted by atomic mass is 35.5. The highest BCUT2D eigenvalue weighted by Crippen LogP contribution is 2.10. The Bertz CT molecular complexity index is 311. The van der Waals surface area contributed by atoms with Gasteiger partial charge in [-0.25, -0.2) is 0 Å². The third-order valence-corrected chi connectivity index (χ3v) is 1.92. The van der Waals surface area contributed by atoms with E-state index in [1.807, 2.05) is 33.9 Å². The summed E-state index contributed by atoms with van der Waals surface area (Å²) in [5.74, 6) is 0. The largest absolute Gasteiger partial charge is 0.353 e. The van der Waals surface area contributed by atoms with Crippen LogP contribution in [0.5, 0.6) is 0 Å². The van der Waals surface area contributed by atoms with Gasteiger partial charge in [0.05, 0.1) is 6.34 Å². The van der Waals surface area contributed by atoms with Crippen molar-refractivity contribution in [3.63, 3.8) is 0 Å². The van der Waals surface area contributed by atoms with E-state index in [9.17, 15) is 0 Å². The Kier molecular flexibility index (Phi) is 12.4. The zero-order valence-corrected chi connectivity index (χ0v) is 12.8. The van der Waals surface area contributed by atoms with Crippen molar-refractivity contribution < 1.29 is 0 Å². The van der Waals surface area contributed by atoms with Crippen molar-refractivity contribution in [3.8, 4) is 0 Å². The van der Waals surface area contributed by atoms with Crippen molar-refractivity contribution in [2.75, 3.05) is 7.05 Å². The van der Waals surface area contributed by atoms with Crippen LogP contribution in [0.2, 0.25) is 0 Å². The summed E-state index contributed by atoms with van der Waals surface area (Å²) in [5, 5.41) is 3.75. The minimum absolute atomic E-state index is 0.871. The minimum atomic E-state index is 0.871. The summed E-state index contributed by atoms with van der Waals surface area (Å²) < 4.78 is 0. The summed E-state index contributed by atoms with van der Waals surface area (Å²) in [6.07, 6.45) is 5.61. The highest BCUT2D eigenvalue weighted by Gasteiger charge is 1.86. The van der Waals surface area contributed by atoms with E-state index >= 15 is 0 Å². The molecule has 0 saturated carbocycles. The van der Waals surface area contributed by atoms with Gasteiger partial charge < -0.3 is 5.32 Å². The predicted octanol–water partition coefficient (Wildman–Crippen LogP) is 4.64. The van der Waals surface area contributed by atoms with Crippen LogP contribution in [-0.4, -0.2) is 13.4 Å². The van der Waals surface area contributed by atoms with Crippen LogP contribution < -0.4 is 5.32 Å². The lowest BCUT2D eigenvalue weighted by Crippen LogP contribution is -1.99. The summed E-state index contributed by atoms with van der Waals surface area (Å²) in [6, 6.07) is 0. The highest BCUT2D eigenvalue weighted by molar-refractivity contribution is 6.29. The molecule has 0 heterocycles. The van der Waals surface area contributed by atoms with E-state index in [1.165, 1.54) is 11.1 Å². The second-order valence-electron chi connectivity index (χ2n) is 4.21. The molecule has 0 bridgehead atoms. The van der Waals surface area contributed by atoms with E-state index in [0.29, 0.717) is 0 Å². The van der Waals surface area contributed by atoms with Gasteiger partial charge in [0.25, 0.3) is 0 Å². The summed E-state index contributed by atoms with van der Waals surface area (Å²) >= 11 is 5.71. The molecule has 0 rings (SSSR count). The number of allylic oxidation sites excluding steroid dienone is 5. The van der Waals surface area contributed by atoms with Crippen molar-refractivity contribution in [2.24, 2.45) is 4.99 Å². The Morgan fingerprint density at radius 3 is 1.76 bits per heavy atom. The number of aliphatic imine (C=N–C) groups is 1. The molecule has 0 aromatic carbocycles. The average molecular weight is 257 g/mol. The van der Waals surface area contributed by atoms with Gasteiger partial charge in [-0.2, -0.15) is 0 Å². The number of rotatable bonds is 3. The molecule has 3 heteroatoms. The lowest BCUT2D eigenvalue weighted by molar-refractivity contribution is 1.22. The van der Waals surface area contributed by atoms with Gasteiger partial charge in [0.1, 0.15) is 0 Å². The first-order valence-corrected chi connectivity index (χ1v) is 5.97. The van der Waals surface area contributed by atoms with Crippen LogP contribution in [0.4, 0.5) is 0 Å². The normalized spacial score (nSPS) is 11.1. The van der Waals surface area contributed by atoms with E-state index in [-0.39, 0.29) is 0 Å². The lowest BCUT2D eigenvalue weighted by atomic mass is 10.2. The summed E-state index contributed by atoms with van der Waals surface area (Å²) in [4.78, 5) is 3.73. The second kappa shape index (κ2) is 11.5. The molecule has 2 nitrogen and oxygen atoms in total.